The van der Waals surface area contributed by atoms with Gasteiger partial charge in [0.15, 0.2) is 0 Å². The van der Waals surface area contributed by atoms with Crippen molar-refractivity contribution in [2.75, 3.05) is 14.2 Å². The summed E-state index contributed by atoms with van der Waals surface area (Å²) in [6.45, 7) is 0. The fourth-order valence-electron chi connectivity index (χ4n) is 2.95. The van der Waals surface area contributed by atoms with E-state index in [1.165, 1.54) is 26.3 Å². The second-order valence-corrected chi connectivity index (χ2v) is 9.30. The molecule has 2 aromatic rings. The highest BCUT2D eigenvalue weighted by atomic mass is 79.9. The Morgan fingerprint density at radius 2 is 1.86 bits per heavy atom. The maximum atomic E-state index is 12.4. The minimum absolute atomic E-state index is 0.0218. The molecule has 2 aromatic carbocycles. The molecular formula is C20H21BrN2O4S. The number of benzene rings is 2. The second kappa shape index (κ2) is 8.06. The van der Waals surface area contributed by atoms with Gasteiger partial charge in [-0.1, -0.05) is 34.1 Å². The van der Waals surface area contributed by atoms with E-state index in [4.69, 9.17) is 4.74 Å². The summed E-state index contributed by atoms with van der Waals surface area (Å²) in [6, 6.07) is 12.6. The third kappa shape index (κ3) is 4.45. The smallest absolute Gasteiger partial charge is 0.244 e. The van der Waals surface area contributed by atoms with Crippen LogP contribution in [-0.2, 0) is 20.4 Å². The lowest BCUT2D eigenvalue weighted by atomic mass is 10.1. The highest BCUT2D eigenvalue weighted by molar-refractivity contribution is 9.10. The van der Waals surface area contributed by atoms with Crippen LogP contribution in [0, 0.1) is 0 Å². The maximum Gasteiger partial charge on any atom is 0.244 e. The molecule has 0 aromatic heterocycles. The number of carbonyl (C=O) groups excluding carboxylic acids is 1. The summed E-state index contributed by atoms with van der Waals surface area (Å²) in [7, 11) is -0.931. The molecule has 28 heavy (non-hydrogen) atoms. The molecule has 0 saturated heterocycles. The van der Waals surface area contributed by atoms with E-state index in [0.29, 0.717) is 5.56 Å². The van der Waals surface area contributed by atoms with Crippen LogP contribution in [0.5, 0.6) is 5.75 Å². The number of ether oxygens (including phenoxy) is 1. The first-order valence-corrected chi connectivity index (χ1v) is 11.0. The van der Waals surface area contributed by atoms with Gasteiger partial charge in [0.2, 0.25) is 15.9 Å². The standard InChI is InChI=1S/C20H21BrN2O4S/c1-22-28(25,26)18-13-14(3-9-17(18)27-2)4-10-19(24)23-20(11-12-20)15-5-7-16(21)8-6-15/h3-10,13,22H,11-12H2,1-2H3,(H,23,24)/b10-4+. The van der Waals surface area contributed by atoms with Crippen molar-refractivity contribution in [3.63, 3.8) is 0 Å². The number of hydrogen-bond acceptors (Lipinski definition) is 4. The van der Waals surface area contributed by atoms with Crippen molar-refractivity contribution in [1.82, 2.24) is 10.0 Å². The number of amides is 1. The predicted molar refractivity (Wildman–Crippen MR) is 111 cm³/mol. The van der Waals surface area contributed by atoms with Crippen molar-refractivity contribution in [3.8, 4) is 5.75 Å². The van der Waals surface area contributed by atoms with Gasteiger partial charge in [0.05, 0.1) is 12.6 Å². The highest BCUT2D eigenvalue weighted by Gasteiger charge is 2.45. The minimum atomic E-state index is -3.67. The van der Waals surface area contributed by atoms with Gasteiger partial charge in [-0.2, -0.15) is 0 Å². The van der Waals surface area contributed by atoms with Crippen LogP contribution in [-0.4, -0.2) is 28.5 Å². The molecule has 2 N–H and O–H groups in total. The summed E-state index contributed by atoms with van der Waals surface area (Å²) >= 11 is 3.41. The molecule has 3 rings (SSSR count). The van der Waals surface area contributed by atoms with E-state index in [0.717, 1.165) is 22.9 Å². The fourth-order valence-corrected chi connectivity index (χ4v) is 4.14. The lowest BCUT2D eigenvalue weighted by molar-refractivity contribution is -0.117. The van der Waals surface area contributed by atoms with Crippen molar-refractivity contribution in [3.05, 3.63) is 64.1 Å². The molecule has 1 amide bonds. The van der Waals surface area contributed by atoms with Crippen LogP contribution in [0.25, 0.3) is 6.08 Å². The number of methoxy groups -OCH3 is 1. The summed E-state index contributed by atoms with van der Waals surface area (Å²) in [5.74, 6) is 0.0115. The topological polar surface area (TPSA) is 84.5 Å². The predicted octanol–water partition coefficient (Wildman–Crippen LogP) is 3.18. The van der Waals surface area contributed by atoms with Crippen molar-refractivity contribution in [1.29, 1.82) is 0 Å². The van der Waals surface area contributed by atoms with Crippen LogP contribution in [0.15, 0.2) is 57.9 Å². The number of rotatable bonds is 7. The molecule has 1 saturated carbocycles. The van der Waals surface area contributed by atoms with Gasteiger partial charge in [0, 0.05) is 10.5 Å². The Bertz CT molecular complexity index is 1010. The van der Waals surface area contributed by atoms with Crippen LogP contribution in [0.3, 0.4) is 0 Å². The number of hydrogen-bond donors (Lipinski definition) is 2. The molecule has 0 unspecified atom stereocenters. The number of nitrogens with one attached hydrogen (secondary N) is 2. The van der Waals surface area contributed by atoms with E-state index in [1.54, 1.807) is 18.2 Å². The van der Waals surface area contributed by atoms with Gasteiger partial charge in [-0.15, -0.1) is 0 Å². The van der Waals surface area contributed by atoms with E-state index < -0.39 is 10.0 Å². The molecule has 0 atom stereocenters. The van der Waals surface area contributed by atoms with E-state index >= 15 is 0 Å². The van der Waals surface area contributed by atoms with E-state index in [9.17, 15) is 13.2 Å². The van der Waals surface area contributed by atoms with E-state index in [-0.39, 0.29) is 22.1 Å². The zero-order valence-corrected chi connectivity index (χ0v) is 17.9. The van der Waals surface area contributed by atoms with Gasteiger partial charge in [0.25, 0.3) is 0 Å². The Kier molecular flexibility index (Phi) is 5.92. The van der Waals surface area contributed by atoms with Crippen molar-refractivity contribution in [2.45, 2.75) is 23.3 Å². The number of carbonyl (C=O) groups is 1. The third-order valence-electron chi connectivity index (χ3n) is 4.68. The normalized spacial score (nSPS) is 15.4. The van der Waals surface area contributed by atoms with Gasteiger partial charge in [0.1, 0.15) is 10.6 Å². The second-order valence-electron chi connectivity index (χ2n) is 6.53. The van der Waals surface area contributed by atoms with Crippen LogP contribution in [0.2, 0.25) is 0 Å². The SMILES string of the molecule is CNS(=O)(=O)c1cc(/C=C/C(=O)NC2(c3ccc(Br)cc3)CC2)ccc1OC. The van der Waals surface area contributed by atoms with Crippen molar-refractivity contribution < 1.29 is 17.9 Å². The summed E-state index contributed by atoms with van der Waals surface area (Å²) in [6.07, 6.45) is 4.78. The van der Waals surface area contributed by atoms with Gasteiger partial charge in [-0.3, -0.25) is 4.79 Å². The molecular weight excluding hydrogens is 444 g/mol. The molecule has 148 valence electrons. The molecule has 0 radical (unpaired) electrons. The van der Waals surface area contributed by atoms with Crippen LogP contribution < -0.4 is 14.8 Å². The Balaban J connectivity index is 1.76. The van der Waals surface area contributed by atoms with Crippen molar-refractivity contribution in [2.24, 2.45) is 0 Å². The number of halogens is 1. The molecule has 8 heteroatoms. The number of sulfonamides is 1. The van der Waals surface area contributed by atoms with Crippen LogP contribution in [0.1, 0.15) is 24.0 Å². The zero-order chi connectivity index (χ0) is 20.4. The van der Waals surface area contributed by atoms with Crippen LogP contribution >= 0.6 is 15.9 Å². The summed E-state index contributed by atoms with van der Waals surface area (Å²) in [5.41, 5.74) is 1.34. The van der Waals surface area contributed by atoms with E-state index in [2.05, 4.69) is 26.0 Å². The summed E-state index contributed by atoms with van der Waals surface area (Å²) < 4.78 is 32.7. The fraction of sp³-hybridized carbons (Fsp3) is 0.250. The molecule has 6 nitrogen and oxygen atoms in total. The largest absolute Gasteiger partial charge is 0.495 e. The molecule has 1 aliphatic rings. The molecule has 0 aliphatic heterocycles. The summed E-state index contributed by atoms with van der Waals surface area (Å²) in [5, 5.41) is 3.06. The van der Waals surface area contributed by atoms with Crippen molar-refractivity contribution >= 4 is 37.9 Å². The quantitative estimate of drug-likeness (QED) is 0.616. The lowest BCUT2D eigenvalue weighted by Gasteiger charge is -2.17. The molecule has 1 fully saturated rings. The zero-order valence-electron chi connectivity index (χ0n) is 15.5. The van der Waals surface area contributed by atoms with Gasteiger partial charge in [-0.25, -0.2) is 13.1 Å². The first kappa shape index (κ1) is 20.6. The van der Waals surface area contributed by atoms with E-state index in [1.807, 2.05) is 24.3 Å². The minimum Gasteiger partial charge on any atom is -0.495 e. The molecule has 0 heterocycles. The average molecular weight is 465 g/mol. The van der Waals surface area contributed by atoms with Gasteiger partial charge in [-0.05, 0) is 61.4 Å². The first-order valence-electron chi connectivity index (χ1n) is 8.67. The summed E-state index contributed by atoms with van der Waals surface area (Å²) in [4.78, 5) is 12.4. The molecule has 0 spiro atoms. The third-order valence-corrected chi connectivity index (χ3v) is 6.65. The Labute approximate surface area is 173 Å². The molecule has 0 bridgehead atoms. The highest BCUT2D eigenvalue weighted by Crippen LogP contribution is 2.45. The average Bonchev–Trinajstić information content (AvgIpc) is 3.47. The van der Waals surface area contributed by atoms with Gasteiger partial charge < -0.3 is 10.1 Å². The lowest BCUT2D eigenvalue weighted by Crippen LogP contribution is -2.33. The molecule has 1 aliphatic carbocycles. The first-order chi connectivity index (χ1) is 13.3. The Hall–Kier alpha value is -2.16. The maximum absolute atomic E-state index is 12.4. The Morgan fingerprint density at radius 1 is 1.18 bits per heavy atom. The Morgan fingerprint density at radius 3 is 2.43 bits per heavy atom. The van der Waals surface area contributed by atoms with Gasteiger partial charge >= 0.3 is 0 Å². The monoisotopic (exact) mass is 464 g/mol. The van der Waals surface area contributed by atoms with Crippen LogP contribution in [0.4, 0.5) is 0 Å².